The smallest absolute Gasteiger partial charge is 0.194 e. The van der Waals surface area contributed by atoms with Gasteiger partial charge >= 0.3 is 0 Å². The number of benzene rings is 1. The molecule has 3 rings (SSSR count). The van der Waals surface area contributed by atoms with Crippen molar-refractivity contribution >= 4 is 29.9 Å². The lowest BCUT2D eigenvalue weighted by Crippen LogP contribution is -2.48. The van der Waals surface area contributed by atoms with Crippen LogP contribution in [0.1, 0.15) is 63.6 Å². The van der Waals surface area contributed by atoms with Gasteiger partial charge in [0.25, 0.3) is 0 Å². The average molecular weight is 427 g/mol. The number of guanidine groups is 1. The number of nitrogens with zero attached hydrogens (tertiary/aromatic N) is 2. The zero-order valence-corrected chi connectivity index (χ0v) is 17.1. The van der Waals surface area contributed by atoms with Crippen LogP contribution >= 0.6 is 24.0 Å². The minimum Gasteiger partial charge on any atom is -0.350 e. The van der Waals surface area contributed by atoms with E-state index in [2.05, 4.69) is 62.2 Å². The van der Waals surface area contributed by atoms with Crippen LogP contribution < -0.4 is 5.32 Å². The van der Waals surface area contributed by atoms with Gasteiger partial charge in [-0.05, 0) is 42.7 Å². The van der Waals surface area contributed by atoms with E-state index in [9.17, 15) is 0 Å². The predicted molar refractivity (Wildman–Crippen MR) is 109 cm³/mol. The molecule has 3 unspecified atom stereocenters. The van der Waals surface area contributed by atoms with Crippen LogP contribution in [0.4, 0.5) is 0 Å². The molecule has 0 aromatic heterocycles. The summed E-state index contributed by atoms with van der Waals surface area (Å²) in [5.74, 6) is 2.46. The SMILES string of the molecule is CC1CCC2CN=C(NC(C)c3cccc(C(C)C)c3)N2C1.I. The monoisotopic (exact) mass is 427 g/mol. The molecule has 3 nitrogen and oxygen atoms in total. The third kappa shape index (κ3) is 4.20. The van der Waals surface area contributed by atoms with Gasteiger partial charge in [-0.3, -0.25) is 4.99 Å². The maximum Gasteiger partial charge on any atom is 0.194 e. The second-order valence-corrected chi connectivity index (χ2v) is 7.34. The van der Waals surface area contributed by atoms with Crippen LogP contribution in [0.3, 0.4) is 0 Å². The lowest BCUT2D eigenvalue weighted by Gasteiger charge is -2.36. The van der Waals surface area contributed by atoms with Gasteiger partial charge in [-0.2, -0.15) is 0 Å². The zero-order chi connectivity index (χ0) is 15.7. The second-order valence-electron chi connectivity index (χ2n) is 7.34. The quantitative estimate of drug-likeness (QED) is 0.717. The Labute approximate surface area is 158 Å². The number of fused-ring (bicyclic) bond motifs is 1. The molecule has 1 fully saturated rings. The fourth-order valence-electron chi connectivity index (χ4n) is 3.53. The first-order valence-corrected chi connectivity index (χ1v) is 8.72. The van der Waals surface area contributed by atoms with Crippen molar-refractivity contribution in [2.75, 3.05) is 13.1 Å². The van der Waals surface area contributed by atoms with E-state index in [1.165, 1.54) is 24.0 Å². The Hall–Kier alpha value is -0.780. The van der Waals surface area contributed by atoms with Gasteiger partial charge in [-0.15, -0.1) is 24.0 Å². The van der Waals surface area contributed by atoms with Crippen LogP contribution in [-0.4, -0.2) is 30.0 Å². The summed E-state index contributed by atoms with van der Waals surface area (Å²) in [5, 5.41) is 3.66. The van der Waals surface area contributed by atoms with Crippen LogP contribution in [0.2, 0.25) is 0 Å². The predicted octanol–water partition coefficient (Wildman–Crippen LogP) is 4.55. The van der Waals surface area contributed by atoms with Gasteiger partial charge < -0.3 is 10.2 Å². The number of aliphatic imine (C=N–C) groups is 1. The van der Waals surface area contributed by atoms with Crippen molar-refractivity contribution in [2.45, 2.75) is 58.5 Å². The van der Waals surface area contributed by atoms with Crippen molar-refractivity contribution in [3.05, 3.63) is 35.4 Å². The van der Waals surface area contributed by atoms with Gasteiger partial charge in [0, 0.05) is 6.54 Å². The molecule has 1 saturated heterocycles. The maximum atomic E-state index is 4.77. The van der Waals surface area contributed by atoms with Crippen molar-refractivity contribution in [1.29, 1.82) is 0 Å². The van der Waals surface area contributed by atoms with Crippen LogP contribution in [0.25, 0.3) is 0 Å². The molecule has 0 bridgehead atoms. The Morgan fingerprint density at radius 1 is 1.17 bits per heavy atom. The molecule has 1 aromatic rings. The van der Waals surface area contributed by atoms with Crippen LogP contribution in [0.15, 0.2) is 29.3 Å². The van der Waals surface area contributed by atoms with Gasteiger partial charge in [0.15, 0.2) is 5.96 Å². The molecule has 1 N–H and O–H groups in total. The third-order valence-corrected chi connectivity index (χ3v) is 5.09. The van der Waals surface area contributed by atoms with Gasteiger partial charge in [-0.25, -0.2) is 0 Å². The lowest BCUT2D eigenvalue weighted by atomic mass is 9.95. The molecule has 0 amide bonds. The van der Waals surface area contributed by atoms with Crippen molar-refractivity contribution in [1.82, 2.24) is 10.2 Å². The standard InChI is InChI=1S/C19H29N3.HI/c1-13(2)16-6-5-7-17(10-16)15(4)21-19-20-11-18-9-8-14(3)12-22(18)19;/h5-7,10,13-15,18H,8-9,11-12H2,1-4H3,(H,20,21);1H. The Balaban J connectivity index is 0.00000192. The highest BCUT2D eigenvalue weighted by molar-refractivity contribution is 14.0. The first-order chi connectivity index (χ1) is 10.5. The molecule has 3 atom stereocenters. The average Bonchev–Trinajstić information content (AvgIpc) is 2.89. The Kier molecular flexibility index (Phi) is 6.34. The largest absolute Gasteiger partial charge is 0.350 e. The Bertz CT molecular complexity index is 555. The van der Waals surface area contributed by atoms with E-state index >= 15 is 0 Å². The molecule has 1 aromatic carbocycles. The van der Waals surface area contributed by atoms with Crippen molar-refractivity contribution in [3.8, 4) is 0 Å². The summed E-state index contributed by atoms with van der Waals surface area (Å²) in [6.07, 6.45) is 2.63. The number of nitrogens with one attached hydrogen (secondary N) is 1. The first-order valence-electron chi connectivity index (χ1n) is 8.72. The van der Waals surface area contributed by atoms with Crippen LogP contribution in [0.5, 0.6) is 0 Å². The van der Waals surface area contributed by atoms with E-state index in [4.69, 9.17) is 4.99 Å². The molecule has 128 valence electrons. The number of rotatable bonds is 3. The molecule has 0 radical (unpaired) electrons. The van der Waals surface area contributed by atoms with E-state index in [0.29, 0.717) is 18.0 Å². The molecule has 2 aliphatic heterocycles. The molecule has 4 heteroatoms. The van der Waals surface area contributed by atoms with E-state index in [1.807, 2.05) is 0 Å². The first kappa shape index (κ1) is 18.6. The number of hydrogen-bond donors (Lipinski definition) is 1. The summed E-state index contributed by atoms with van der Waals surface area (Å²) in [6.45, 7) is 11.2. The van der Waals surface area contributed by atoms with Gasteiger partial charge in [0.05, 0.1) is 18.6 Å². The summed E-state index contributed by atoms with van der Waals surface area (Å²) < 4.78 is 0. The summed E-state index contributed by atoms with van der Waals surface area (Å²) in [7, 11) is 0. The van der Waals surface area contributed by atoms with Crippen LogP contribution in [0, 0.1) is 5.92 Å². The van der Waals surface area contributed by atoms with E-state index in [0.717, 1.165) is 25.0 Å². The van der Waals surface area contributed by atoms with Gasteiger partial charge in [0.2, 0.25) is 0 Å². The molecular formula is C19H30IN3. The van der Waals surface area contributed by atoms with Gasteiger partial charge in [0.1, 0.15) is 0 Å². The Morgan fingerprint density at radius 2 is 1.91 bits per heavy atom. The third-order valence-electron chi connectivity index (χ3n) is 5.09. The van der Waals surface area contributed by atoms with E-state index in [-0.39, 0.29) is 24.0 Å². The topological polar surface area (TPSA) is 27.6 Å². The maximum absolute atomic E-state index is 4.77. The molecule has 2 aliphatic rings. The zero-order valence-electron chi connectivity index (χ0n) is 14.7. The summed E-state index contributed by atoms with van der Waals surface area (Å²) >= 11 is 0. The number of piperidine rings is 1. The minimum absolute atomic E-state index is 0. The highest BCUT2D eigenvalue weighted by Crippen LogP contribution is 2.26. The molecule has 2 heterocycles. The molecular weight excluding hydrogens is 397 g/mol. The highest BCUT2D eigenvalue weighted by Gasteiger charge is 2.33. The van der Waals surface area contributed by atoms with Crippen molar-refractivity contribution in [3.63, 3.8) is 0 Å². The van der Waals surface area contributed by atoms with Crippen molar-refractivity contribution < 1.29 is 0 Å². The highest BCUT2D eigenvalue weighted by atomic mass is 127. The minimum atomic E-state index is 0. The van der Waals surface area contributed by atoms with E-state index < -0.39 is 0 Å². The van der Waals surface area contributed by atoms with Crippen molar-refractivity contribution in [2.24, 2.45) is 10.9 Å². The van der Waals surface area contributed by atoms with Gasteiger partial charge in [-0.1, -0.05) is 45.0 Å². The number of halogens is 1. The molecule has 23 heavy (non-hydrogen) atoms. The fraction of sp³-hybridized carbons (Fsp3) is 0.632. The molecule has 0 aliphatic carbocycles. The molecule has 0 saturated carbocycles. The summed E-state index contributed by atoms with van der Waals surface area (Å²) in [4.78, 5) is 7.27. The Morgan fingerprint density at radius 3 is 2.65 bits per heavy atom. The second kappa shape index (κ2) is 7.86. The molecule has 0 spiro atoms. The van der Waals surface area contributed by atoms with E-state index in [1.54, 1.807) is 0 Å². The van der Waals surface area contributed by atoms with Crippen LogP contribution in [-0.2, 0) is 0 Å². The number of hydrogen-bond acceptors (Lipinski definition) is 3. The summed E-state index contributed by atoms with van der Waals surface area (Å²) in [6, 6.07) is 9.87. The lowest BCUT2D eigenvalue weighted by molar-refractivity contribution is 0.210. The summed E-state index contributed by atoms with van der Waals surface area (Å²) in [5.41, 5.74) is 2.76. The fourth-order valence-corrected chi connectivity index (χ4v) is 3.53. The normalized spacial score (nSPS) is 24.7.